The highest BCUT2D eigenvalue weighted by molar-refractivity contribution is 4.73. The Hall–Kier alpha value is -1.13. The van der Waals surface area contributed by atoms with Crippen molar-refractivity contribution in [3.63, 3.8) is 0 Å². The summed E-state index contributed by atoms with van der Waals surface area (Å²) in [6.45, 7) is 1.65. The maximum atomic E-state index is 6.75. The molecule has 0 aliphatic carbocycles. The van der Waals surface area contributed by atoms with Gasteiger partial charge in [-0.3, -0.25) is 4.91 Å². The van der Waals surface area contributed by atoms with Crippen molar-refractivity contribution in [3.8, 4) is 12.3 Å². The lowest BCUT2D eigenvalue weighted by atomic mass is 10.9. The summed E-state index contributed by atoms with van der Waals surface area (Å²) in [5.41, 5.74) is 13.5. The first-order valence-corrected chi connectivity index (χ1v) is 1.19. The number of hydrogen-bond acceptors (Lipinski definition) is 0. The Kier molecular flexibility index (Phi) is 62.2. The van der Waals surface area contributed by atoms with Crippen molar-refractivity contribution in [3.05, 3.63) is 16.0 Å². The van der Waals surface area contributed by atoms with E-state index >= 15 is 0 Å². The molecule has 0 aromatic rings. The lowest BCUT2D eigenvalue weighted by Crippen LogP contribution is -1.10. The van der Waals surface area contributed by atoms with E-state index in [4.69, 9.17) is 11.1 Å². The van der Waals surface area contributed by atoms with Crippen molar-refractivity contribution >= 4 is 0 Å². The molecule has 0 fully saturated rings. The fourth-order valence-corrected chi connectivity index (χ4v) is 0. The third-order valence-electron chi connectivity index (χ3n) is 0. The Morgan fingerprint density at radius 2 is 1.67 bits per heavy atom. The molecule has 0 aliphatic heterocycles. The molecule has 0 N–H and O–H groups in total. The second kappa shape index (κ2) is 42.1. The summed E-state index contributed by atoms with van der Waals surface area (Å²) in [6, 6.07) is 0. The third-order valence-corrected chi connectivity index (χ3v) is 0. The summed E-state index contributed by atoms with van der Waals surface area (Å²) >= 11 is 0. The summed E-state index contributed by atoms with van der Waals surface area (Å²) in [5, 5.41) is 0. The molecule has 0 unspecified atom stereocenters. The molecule has 32 valence electrons. The molecule has 0 atom stereocenters. The van der Waals surface area contributed by atoms with E-state index in [1.54, 1.807) is 6.92 Å². The zero-order valence-electron chi connectivity index (χ0n) is 3.42. The molecular formula is C3H4N3-. The molecule has 0 spiro atoms. The van der Waals surface area contributed by atoms with Crippen LogP contribution in [0.25, 0.3) is 16.0 Å². The van der Waals surface area contributed by atoms with Gasteiger partial charge in [-0.15, -0.1) is 12.3 Å². The monoisotopic (exact) mass is 82.0 g/mol. The van der Waals surface area contributed by atoms with Gasteiger partial charge in [-0.2, -0.15) is 0 Å². The van der Waals surface area contributed by atoms with Crippen LogP contribution in [0.4, 0.5) is 0 Å². The predicted molar refractivity (Wildman–Crippen MR) is 24.6 cm³/mol. The summed E-state index contributed by atoms with van der Waals surface area (Å²) in [6.07, 6.45) is 4.60. The Labute approximate surface area is 36.4 Å². The molecule has 6 heavy (non-hydrogen) atoms. The van der Waals surface area contributed by atoms with Gasteiger partial charge in [0.2, 0.25) is 0 Å². The van der Waals surface area contributed by atoms with E-state index in [-0.39, 0.29) is 0 Å². The Morgan fingerprint density at radius 1 is 1.67 bits per heavy atom. The van der Waals surface area contributed by atoms with Gasteiger partial charge in [0, 0.05) is 0 Å². The molecule has 3 heteroatoms. The molecule has 0 rings (SSSR count). The first-order chi connectivity index (χ1) is 2.83. The van der Waals surface area contributed by atoms with Crippen LogP contribution in [0.15, 0.2) is 0 Å². The molecule has 0 saturated heterocycles. The van der Waals surface area contributed by atoms with Crippen LogP contribution in [-0.4, -0.2) is 0 Å². The predicted octanol–water partition coefficient (Wildman–Crippen LogP) is 1.51. The second-order valence-electron chi connectivity index (χ2n) is 0.378. The third kappa shape index (κ3) is 7.86. The second-order valence-corrected chi connectivity index (χ2v) is 0.378. The fourth-order valence-electron chi connectivity index (χ4n) is 0. The van der Waals surface area contributed by atoms with Gasteiger partial charge in [-0.1, -0.05) is 0 Å². The van der Waals surface area contributed by atoms with Gasteiger partial charge in [0.15, 0.2) is 0 Å². The Balaban J connectivity index is 0. The zero-order valence-corrected chi connectivity index (χ0v) is 3.42. The fraction of sp³-hybridized carbons (Fsp3) is 0.333. The maximum Gasteiger partial charge on any atom is -0.00297 e. The van der Waals surface area contributed by atoms with Gasteiger partial charge in [0.1, 0.15) is 0 Å². The molecule has 3 nitrogen and oxygen atoms in total. The van der Waals surface area contributed by atoms with Crippen molar-refractivity contribution in [1.29, 1.82) is 0 Å². The van der Waals surface area contributed by atoms with Crippen molar-refractivity contribution in [2.45, 2.75) is 6.92 Å². The number of hydrogen-bond donors (Lipinski definition) is 0. The minimum absolute atomic E-state index is 1.50. The van der Waals surface area contributed by atoms with Gasteiger partial charge in [-0.25, -0.2) is 0 Å². The largest absolute Gasteiger partial charge is 0.373 e. The summed E-state index contributed by atoms with van der Waals surface area (Å²) in [7, 11) is 0. The first-order valence-electron chi connectivity index (χ1n) is 1.19. The molecule has 0 aliphatic rings. The summed E-state index contributed by atoms with van der Waals surface area (Å²) in [4.78, 5) is 1.50. The van der Waals surface area contributed by atoms with E-state index in [0.29, 0.717) is 0 Å². The molecule has 0 saturated carbocycles. The van der Waals surface area contributed by atoms with E-state index in [1.165, 1.54) is 4.91 Å². The van der Waals surface area contributed by atoms with Crippen molar-refractivity contribution in [2.75, 3.05) is 0 Å². The summed E-state index contributed by atoms with van der Waals surface area (Å²) < 4.78 is 0. The number of nitrogens with zero attached hydrogens (tertiary/aromatic N) is 3. The molecule has 0 radical (unpaired) electrons. The van der Waals surface area contributed by atoms with E-state index in [9.17, 15) is 0 Å². The van der Waals surface area contributed by atoms with Gasteiger partial charge in [0.05, 0.1) is 0 Å². The van der Waals surface area contributed by atoms with Crippen LogP contribution >= 0.6 is 0 Å². The van der Waals surface area contributed by atoms with Crippen molar-refractivity contribution in [1.82, 2.24) is 0 Å². The minimum Gasteiger partial charge on any atom is -0.373 e. The lowest BCUT2D eigenvalue weighted by molar-refractivity contribution is 1.94. The van der Waals surface area contributed by atoms with Crippen LogP contribution in [0.5, 0.6) is 0 Å². The first kappa shape index (κ1) is 8.85. The van der Waals surface area contributed by atoms with E-state index in [2.05, 4.69) is 12.3 Å². The van der Waals surface area contributed by atoms with Crippen LogP contribution in [-0.2, 0) is 0 Å². The smallest absolute Gasteiger partial charge is 0.00297 e. The van der Waals surface area contributed by atoms with Crippen LogP contribution in [0.3, 0.4) is 0 Å². The van der Waals surface area contributed by atoms with Gasteiger partial charge in [0.25, 0.3) is 0 Å². The zero-order chi connectivity index (χ0) is 5.41. The van der Waals surface area contributed by atoms with Gasteiger partial charge >= 0.3 is 0 Å². The standard InChI is InChI=1S/C3H4.N3/c2*1-3-2/h1H,2H3;/q;-1. The SMILES string of the molecule is C#CC.[N-]=[N+]=[N-]. The highest BCUT2D eigenvalue weighted by Crippen LogP contribution is 1.29. The molecule has 0 bridgehead atoms. The van der Waals surface area contributed by atoms with E-state index in [1.807, 2.05) is 0 Å². The van der Waals surface area contributed by atoms with Crippen LogP contribution in [0.2, 0.25) is 0 Å². The molecule has 0 aromatic carbocycles. The van der Waals surface area contributed by atoms with E-state index < -0.39 is 0 Å². The normalized spacial score (nSPS) is 2.67. The molecule has 0 amide bonds. The Morgan fingerprint density at radius 3 is 1.67 bits per heavy atom. The molecule has 0 heterocycles. The average molecular weight is 82.1 g/mol. The van der Waals surface area contributed by atoms with Gasteiger partial charge < -0.3 is 11.1 Å². The van der Waals surface area contributed by atoms with Gasteiger partial charge in [-0.05, 0) is 6.92 Å². The number of rotatable bonds is 0. The highest BCUT2D eigenvalue weighted by Gasteiger charge is 1.09. The van der Waals surface area contributed by atoms with Crippen LogP contribution in [0, 0.1) is 12.3 Å². The van der Waals surface area contributed by atoms with E-state index in [0.717, 1.165) is 0 Å². The lowest BCUT2D eigenvalue weighted by Gasteiger charge is -1.31. The topological polar surface area (TPSA) is 58.7 Å². The van der Waals surface area contributed by atoms with Crippen molar-refractivity contribution < 1.29 is 0 Å². The van der Waals surface area contributed by atoms with Crippen LogP contribution < -0.4 is 0 Å². The quantitative estimate of drug-likeness (QED) is 0.184. The molecule has 0 aromatic heterocycles. The molecular weight excluding hydrogens is 78.1 g/mol. The summed E-state index contributed by atoms with van der Waals surface area (Å²) in [5.74, 6) is 2.25. The average Bonchev–Trinajstić information content (AvgIpc) is 1.39. The van der Waals surface area contributed by atoms with Crippen LogP contribution in [0.1, 0.15) is 6.92 Å². The minimum atomic E-state index is 1.50. The maximum absolute atomic E-state index is 6.75. The Bertz CT molecular complexity index is 72.5. The highest BCUT2D eigenvalue weighted by atomic mass is 15.0. The van der Waals surface area contributed by atoms with Crippen molar-refractivity contribution in [2.24, 2.45) is 0 Å². The number of terminal acetylenes is 1.